The van der Waals surface area contributed by atoms with Gasteiger partial charge in [0, 0.05) is 54.0 Å². The van der Waals surface area contributed by atoms with Gasteiger partial charge in [-0.15, -0.1) is 0 Å². The molecule has 3 aromatic rings. The van der Waals surface area contributed by atoms with Gasteiger partial charge in [-0.1, -0.05) is 23.2 Å². The number of rotatable bonds is 7. The number of hydrogen-bond donors (Lipinski definition) is 1. The summed E-state index contributed by atoms with van der Waals surface area (Å²) in [4.78, 5) is 17.4. The van der Waals surface area contributed by atoms with Crippen LogP contribution in [0.4, 0.5) is 5.69 Å². The van der Waals surface area contributed by atoms with Crippen LogP contribution < -0.4 is 15.0 Å². The van der Waals surface area contributed by atoms with E-state index in [9.17, 15) is 4.79 Å². The standard InChI is InChI=1S/C24H25Cl2N3O3/c1-31-21-6-4-20(5-7-21)28-8-10-29(11-9-28)22(23-3-2-12-32-23)16-27-24(30)17-13-18(25)15-19(26)14-17/h2-7,12-15,22H,8-11,16H2,1H3,(H,27,30). The number of amides is 1. The maximum absolute atomic E-state index is 12.7. The van der Waals surface area contributed by atoms with Crippen LogP contribution in [-0.4, -0.2) is 50.6 Å². The predicted octanol–water partition coefficient (Wildman–Crippen LogP) is 4.89. The topological polar surface area (TPSA) is 58.0 Å². The molecular weight excluding hydrogens is 449 g/mol. The van der Waals surface area contributed by atoms with Gasteiger partial charge in [-0.05, 0) is 54.6 Å². The Morgan fingerprint density at radius 1 is 1.06 bits per heavy atom. The summed E-state index contributed by atoms with van der Waals surface area (Å²) < 4.78 is 11.0. The second-order valence-corrected chi connectivity index (χ2v) is 8.49. The molecule has 0 aliphatic carbocycles. The van der Waals surface area contributed by atoms with Gasteiger partial charge in [0.15, 0.2) is 0 Å². The molecule has 2 aromatic carbocycles. The molecule has 6 nitrogen and oxygen atoms in total. The van der Waals surface area contributed by atoms with Crippen molar-refractivity contribution >= 4 is 34.8 Å². The quantitative estimate of drug-likeness (QED) is 0.529. The van der Waals surface area contributed by atoms with Gasteiger partial charge >= 0.3 is 0 Å². The van der Waals surface area contributed by atoms with Crippen LogP contribution in [0.2, 0.25) is 10.0 Å². The number of carbonyl (C=O) groups is 1. The summed E-state index contributed by atoms with van der Waals surface area (Å²) in [5.74, 6) is 1.46. The highest BCUT2D eigenvalue weighted by atomic mass is 35.5. The second kappa shape index (κ2) is 10.3. The first-order valence-corrected chi connectivity index (χ1v) is 11.2. The van der Waals surface area contributed by atoms with Crippen molar-refractivity contribution in [2.75, 3.05) is 44.7 Å². The maximum atomic E-state index is 12.7. The summed E-state index contributed by atoms with van der Waals surface area (Å²) >= 11 is 12.1. The molecule has 168 valence electrons. The minimum atomic E-state index is -0.220. The molecule has 1 saturated heterocycles. The maximum Gasteiger partial charge on any atom is 0.251 e. The molecule has 1 amide bonds. The molecule has 1 aromatic heterocycles. The van der Waals surface area contributed by atoms with Crippen LogP contribution in [0.15, 0.2) is 65.3 Å². The lowest BCUT2D eigenvalue weighted by molar-refractivity contribution is 0.0923. The van der Waals surface area contributed by atoms with Gasteiger partial charge in [0.2, 0.25) is 0 Å². The van der Waals surface area contributed by atoms with Crippen molar-refractivity contribution in [3.63, 3.8) is 0 Å². The highest BCUT2D eigenvalue weighted by Gasteiger charge is 2.27. The number of nitrogens with one attached hydrogen (secondary N) is 1. The summed E-state index contributed by atoms with van der Waals surface area (Å²) in [5.41, 5.74) is 1.61. The van der Waals surface area contributed by atoms with Gasteiger partial charge in [0.1, 0.15) is 11.5 Å². The van der Waals surface area contributed by atoms with Crippen molar-refractivity contribution < 1.29 is 13.9 Å². The van der Waals surface area contributed by atoms with E-state index in [1.807, 2.05) is 24.3 Å². The third kappa shape index (κ3) is 5.38. The van der Waals surface area contributed by atoms with Gasteiger partial charge in [-0.2, -0.15) is 0 Å². The Kier molecular flexibility index (Phi) is 7.25. The number of ether oxygens (including phenoxy) is 1. The lowest BCUT2D eigenvalue weighted by Crippen LogP contribution is -2.49. The number of furan rings is 1. The molecule has 1 aliphatic rings. The Bertz CT molecular complexity index is 1010. The summed E-state index contributed by atoms with van der Waals surface area (Å²) in [6, 6.07) is 16.7. The molecule has 0 bridgehead atoms. The van der Waals surface area contributed by atoms with Crippen LogP contribution in [0.25, 0.3) is 0 Å². The monoisotopic (exact) mass is 473 g/mol. The van der Waals surface area contributed by atoms with Gasteiger partial charge < -0.3 is 19.4 Å². The summed E-state index contributed by atoms with van der Waals surface area (Å²) in [6.45, 7) is 3.86. The molecule has 1 atom stereocenters. The lowest BCUT2D eigenvalue weighted by atomic mass is 10.1. The first-order chi connectivity index (χ1) is 15.5. The van der Waals surface area contributed by atoms with Crippen LogP contribution in [0.5, 0.6) is 5.75 Å². The average Bonchev–Trinajstić information content (AvgIpc) is 3.33. The number of piperazine rings is 1. The van der Waals surface area contributed by atoms with E-state index >= 15 is 0 Å². The molecular formula is C24H25Cl2N3O3. The number of hydrogen-bond acceptors (Lipinski definition) is 5. The van der Waals surface area contributed by atoms with Crippen molar-refractivity contribution in [3.05, 3.63) is 82.2 Å². The highest BCUT2D eigenvalue weighted by molar-refractivity contribution is 6.35. The lowest BCUT2D eigenvalue weighted by Gasteiger charge is -2.39. The largest absolute Gasteiger partial charge is 0.497 e. The van der Waals surface area contributed by atoms with Crippen molar-refractivity contribution in [1.29, 1.82) is 0 Å². The number of halogens is 2. The molecule has 1 fully saturated rings. The van der Waals surface area contributed by atoms with E-state index in [-0.39, 0.29) is 11.9 Å². The Morgan fingerprint density at radius 3 is 2.34 bits per heavy atom. The van der Waals surface area contributed by atoms with Gasteiger partial charge in [-0.25, -0.2) is 0 Å². The Morgan fingerprint density at radius 2 is 1.75 bits per heavy atom. The summed E-state index contributed by atoms with van der Waals surface area (Å²) in [5, 5.41) is 3.87. The smallest absolute Gasteiger partial charge is 0.251 e. The average molecular weight is 474 g/mol. The van der Waals surface area contributed by atoms with Gasteiger partial charge in [0.05, 0.1) is 19.4 Å². The van der Waals surface area contributed by atoms with E-state index in [0.29, 0.717) is 22.2 Å². The number of carbonyl (C=O) groups excluding carboxylic acids is 1. The van der Waals surface area contributed by atoms with Crippen LogP contribution in [0, 0.1) is 0 Å². The molecule has 0 radical (unpaired) electrons. The second-order valence-electron chi connectivity index (χ2n) is 7.62. The highest BCUT2D eigenvalue weighted by Crippen LogP contribution is 2.26. The first-order valence-electron chi connectivity index (χ1n) is 10.4. The predicted molar refractivity (Wildman–Crippen MR) is 127 cm³/mol. The fraction of sp³-hybridized carbons (Fsp3) is 0.292. The van der Waals surface area contributed by atoms with E-state index in [1.54, 1.807) is 31.6 Å². The molecule has 8 heteroatoms. The fourth-order valence-electron chi connectivity index (χ4n) is 3.95. The van der Waals surface area contributed by atoms with Crippen LogP contribution >= 0.6 is 23.2 Å². The summed E-state index contributed by atoms with van der Waals surface area (Å²) in [7, 11) is 1.67. The minimum Gasteiger partial charge on any atom is -0.497 e. The first kappa shape index (κ1) is 22.5. The van der Waals surface area contributed by atoms with E-state index in [2.05, 4.69) is 27.2 Å². The number of benzene rings is 2. The molecule has 32 heavy (non-hydrogen) atoms. The zero-order chi connectivity index (χ0) is 22.5. The fourth-order valence-corrected chi connectivity index (χ4v) is 4.48. The van der Waals surface area contributed by atoms with Crippen LogP contribution in [-0.2, 0) is 0 Å². The van der Waals surface area contributed by atoms with Crippen molar-refractivity contribution in [1.82, 2.24) is 10.2 Å². The third-order valence-corrected chi connectivity index (χ3v) is 6.08. The molecule has 0 spiro atoms. The van der Waals surface area contributed by atoms with Crippen molar-refractivity contribution in [2.45, 2.75) is 6.04 Å². The van der Waals surface area contributed by atoms with E-state index in [0.717, 1.165) is 37.7 Å². The van der Waals surface area contributed by atoms with Crippen molar-refractivity contribution in [3.8, 4) is 5.75 Å². The Hall–Kier alpha value is -2.67. The number of nitrogens with zero attached hydrogens (tertiary/aromatic N) is 2. The molecule has 4 rings (SSSR count). The molecule has 0 saturated carbocycles. The SMILES string of the molecule is COc1ccc(N2CCN(C(CNC(=O)c3cc(Cl)cc(Cl)c3)c3ccco3)CC2)cc1. The number of methoxy groups -OCH3 is 1. The Labute approximate surface area is 197 Å². The van der Waals surface area contributed by atoms with Crippen LogP contribution in [0.1, 0.15) is 22.2 Å². The van der Waals surface area contributed by atoms with Crippen LogP contribution in [0.3, 0.4) is 0 Å². The number of anilines is 1. The third-order valence-electron chi connectivity index (χ3n) is 5.64. The van der Waals surface area contributed by atoms with Gasteiger partial charge in [0.25, 0.3) is 5.91 Å². The molecule has 1 aliphatic heterocycles. The molecule has 1 N–H and O–H groups in total. The van der Waals surface area contributed by atoms with E-state index in [1.165, 1.54) is 5.69 Å². The van der Waals surface area contributed by atoms with Crippen molar-refractivity contribution in [2.24, 2.45) is 0 Å². The zero-order valence-electron chi connectivity index (χ0n) is 17.8. The van der Waals surface area contributed by atoms with Gasteiger partial charge in [-0.3, -0.25) is 9.69 Å². The molecule has 2 heterocycles. The zero-order valence-corrected chi connectivity index (χ0v) is 19.3. The Balaban J connectivity index is 1.41. The minimum absolute atomic E-state index is 0.0679. The molecule has 1 unspecified atom stereocenters. The van der Waals surface area contributed by atoms with E-state index < -0.39 is 0 Å². The normalized spacial score (nSPS) is 15.4. The van der Waals surface area contributed by atoms with E-state index in [4.69, 9.17) is 32.4 Å². The summed E-state index contributed by atoms with van der Waals surface area (Å²) in [6.07, 6.45) is 1.66.